The van der Waals surface area contributed by atoms with Crippen molar-refractivity contribution >= 4 is 5.91 Å². The average molecular weight is 453 g/mol. The van der Waals surface area contributed by atoms with Crippen LogP contribution in [0.3, 0.4) is 0 Å². The lowest BCUT2D eigenvalue weighted by Gasteiger charge is -2.30. The predicted molar refractivity (Wildman–Crippen MR) is 119 cm³/mol. The molecule has 174 valence electrons. The van der Waals surface area contributed by atoms with E-state index in [-0.39, 0.29) is 12.5 Å². The number of amides is 1. The van der Waals surface area contributed by atoms with E-state index >= 15 is 0 Å². The summed E-state index contributed by atoms with van der Waals surface area (Å²) in [5, 5.41) is 21.1. The van der Waals surface area contributed by atoms with Crippen LogP contribution in [0, 0.1) is 0 Å². The number of ether oxygens (including phenoxy) is 3. The van der Waals surface area contributed by atoms with Crippen LogP contribution in [0.5, 0.6) is 17.2 Å². The van der Waals surface area contributed by atoms with Crippen LogP contribution in [0.1, 0.15) is 28.8 Å². The zero-order valence-electron chi connectivity index (χ0n) is 18.9. The first-order valence-corrected chi connectivity index (χ1v) is 10.6. The van der Waals surface area contributed by atoms with Crippen molar-refractivity contribution in [2.24, 2.45) is 0 Å². The van der Waals surface area contributed by atoms with E-state index in [1.165, 1.54) is 18.1 Å². The number of methoxy groups -OCH3 is 3. The first-order chi connectivity index (χ1) is 16.0. The number of tetrazole rings is 1. The fraction of sp³-hybridized carbons (Fsp3) is 0.391. The third-order valence-electron chi connectivity index (χ3n) is 6.25. The maximum Gasteiger partial charge on any atom is 0.257 e. The van der Waals surface area contributed by atoms with E-state index in [0.717, 1.165) is 5.56 Å². The molecule has 1 aromatic heterocycles. The lowest BCUT2D eigenvalue weighted by Crippen LogP contribution is -2.35. The minimum atomic E-state index is -0.398. The first kappa shape index (κ1) is 22.5. The van der Waals surface area contributed by atoms with E-state index in [0.29, 0.717) is 54.4 Å². The minimum absolute atomic E-state index is 0.00841. The highest BCUT2D eigenvalue weighted by molar-refractivity contribution is 5.97. The van der Waals surface area contributed by atoms with Gasteiger partial charge >= 0.3 is 0 Å². The number of aliphatic hydroxyl groups excluding tert-OH is 1. The van der Waals surface area contributed by atoms with Crippen molar-refractivity contribution in [2.45, 2.75) is 18.3 Å². The Bertz CT molecular complexity index is 1120. The molecule has 0 saturated carbocycles. The van der Waals surface area contributed by atoms with Gasteiger partial charge in [0.05, 0.1) is 32.6 Å². The number of rotatable bonds is 8. The molecule has 1 N–H and O–H groups in total. The molecule has 1 aliphatic heterocycles. The molecular formula is C23H27N5O5. The van der Waals surface area contributed by atoms with Gasteiger partial charge in [0.25, 0.3) is 5.91 Å². The van der Waals surface area contributed by atoms with Gasteiger partial charge in [-0.2, -0.15) is 0 Å². The fourth-order valence-corrected chi connectivity index (χ4v) is 4.47. The van der Waals surface area contributed by atoms with Crippen molar-refractivity contribution in [2.75, 3.05) is 41.0 Å². The molecule has 0 aliphatic carbocycles. The van der Waals surface area contributed by atoms with Crippen LogP contribution in [0.25, 0.3) is 5.69 Å². The molecule has 2 aromatic carbocycles. The predicted octanol–water partition coefficient (Wildman–Crippen LogP) is 1.85. The van der Waals surface area contributed by atoms with Crippen molar-refractivity contribution in [1.82, 2.24) is 25.1 Å². The maximum atomic E-state index is 13.6. The summed E-state index contributed by atoms with van der Waals surface area (Å²) in [5.41, 5.74) is 1.69. The molecule has 10 heteroatoms. The molecule has 1 fully saturated rings. The lowest BCUT2D eigenvalue weighted by atomic mass is 9.77. The van der Waals surface area contributed by atoms with E-state index in [1.807, 2.05) is 18.2 Å². The van der Waals surface area contributed by atoms with Crippen LogP contribution < -0.4 is 14.2 Å². The van der Waals surface area contributed by atoms with Crippen LogP contribution in [0.15, 0.2) is 42.7 Å². The second-order valence-electron chi connectivity index (χ2n) is 7.94. The van der Waals surface area contributed by atoms with Gasteiger partial charge in [-0.15, -0.1) is 5.10 Å². The lowest BCUT2D eigenvalue weighted by molar-refractivity contribution is 0.0776. The monoisotopic (exact) mass is 453 g/mol. The number of hydrogen-bond acceptors (Lipinski definition) is 8. The fourth-order valence-electron chi connectivity index (χ4n) is 4.47. The maximum absolute atomic E-state index is 13.6. The van der Waals surface area contributed by atoms with Crippen LogP contribution in [-0.2, 0) is 5.41 Å². The summed E-state index contributed by atoms with van der Waals surface area (Å²) in [4.78, 5) is 15.4. The Labute approximate surface area is 191 Å². The molecule has 10 nitrogen and oxygen atoms in total. The van der Waals surface area contributed by atoms with Gasteiger partial charge < -0.3 is 24.2 Å². The first-order valence-electron chi connectivity index (χ1n) is 10.6. The summed E-state index contributed by atoms with van der Waals surface area (Å²) in [6.07, 6.45) is 2.70. The Kier molecular flexibility index (Phi) is 6.45. The number of carbonyl (C=O) groups is 1. The van der Waals surface area contributed by atoms with E-state index < -0.39 is 5.41 Å². The highest BCUT2D eigenvalue weighted by atomic mass is 16.5. The summed E-state index contributed by atoms with van der Waals surface area (Å²) in [6, 6.07) is 11.0. The Morgan fingerprint density at radius 1 is 1.06 bits per heavy atom. The highest BCUT2D eigenvalue weighted by Crippen LogP contribution is 2.42. The molecule has 0 radical (unpaired) electrons. The SMILES string of the molecule is COc1ccc(C2(CCO)CCN(C(=O)c3cc(-n4cnnn4)ccc3OC)C2)cc1OC. The summed E-state index contributed by atoms with van der Waals surface area (Å²) in [6.45, 7) is 1.01. The number of likely N-dealkylation sites (tertiary alicyclic amines) is 1. The summed E-state index contributed by atoms with van der Waals surface area (Å²) >= 11 is 0. The zero-order chi connectivity index (χ0) is 23.4. The number of aromatic nitrogens is 4. The highest BCUT2D eigenvalue weighted by Gasteiger charge is 2.42. The topological polar surface area (TPSA) is 112 Å². The zero-order valence-corrected chi connectivity index (χ0v) is 18.9. The van der Waals surface area contributed by atoms with Gasteiger partial charge in [0.2, 0.25) is 0 Å². The van der Waals surface area contributed by atoms with Crippen molar-refractivity contribution < 1.29 is 24.1 Å². The quantitative estimate of drug-likeness (QED) is 0.550. The smallest absolute Gasteiger partial charge is 0.257 e. The van der Waals surface area contributed by atoms with E-state index in [9.17, 15) is 9.90 Å². The number of benzene rings is 2. The molecule has 0 bridgehead atoms. The Hall–Kier alpha value is -3.66. The van der Waals surface area contributed by atoms with Crippen molar-refractivity contribution in [3.63, 3.8) is 0 Å². The van der Waals surface area contributed by atoms with Gasteiger partial charge in [0.15, 0.2) is 11.5 Å². The summed E-state index contributed by atoms with van der Waals surface area (Å²) in [7, 11) is 4.72. The molecule has 33 heavy (non-hydrogen) atoms. The third kappa shape index (κ3) is 4.21. The van der Waals surface area contributed by atoms with Gasteiger partial charge in [-0.25, -0.2) is 4.68 Å². The van der Waals surface area contributed by atoms with Crippen molar-refractivity contribution in [3.8, 4) is 22.9 Å². The number of nitrogens with zero attached hydrogens (tertiary/aromatic N) is 5. The van der Waals surface area contributed by atoms with Gasteiger partial charge in [-0.1, -0.05) is 6.07 Å². The van der Waals surface area contributed by atoms with E-state index in [4.69, 9.17) is 14.2 Å². The number of aliphatic hydroxyl groups is 1. The van der Waals surface area contributed by atoms with Gasteiger partial charge in [0.1, 0.15) is 12.1 Å². The molecule has 1 aliphatic rings. The second-order valence-corrected chi connectivity index (χ2v) is 7.94. The molecule has 2 heterocycles. The van der Waals surface area contributed by atoms with Crippen LogP contribution in [0.2, 0.25) is 0 Å². The molecule has 1 saturated heterocycles. The molecule has 1 amide bonds. The minimum Gasteiger partial charge on any atom is -0.496 e. The largest absolute Gasteiger partial charge is 0.496 e. The molecule has 4 rings (SSSR count). The van der Waals surface area contributed by atoms with E-state index in [2.05, 4.69) is 15.5 Å². The van der Waals surface area contributed by atoms with E-state index in [1.54, 1.807) is 37.3 Å². The molecule has 0 spiro atoms. The Morgan fingerprint density at radius 3 is 2.48 bits per heavy atom. The normalized spacial score (nSPS) is 17.8. The van der Waals surface area contributed by atoms with Crippen LogP contribution >= 0.6 is 0 Å². The molecular weight excluding hydrogens is 426 g/mol. The van der Waals surface area contributed by atoms with Gasteiger partial charge in [-0.05, 0) is 59.2 Å². The molecule has 1 atom stereocenters. The Balaban J connectivity index is 1.65. The molecule has 3 aromatic rings. The number of carbonyl (C=O) groups excluding carboxylic acids is 1. The summed E-state index contributed by atoms with van der Waals surface area (Å²) < 4.78 is 17.8. The average Bonchev–Trinajstić information content (AvgIpc) is 3.54. The van der Waals surface area contributed by atoms with Crippen molar-refractivity contribution in [3.05, 3.63) is 53.9 Å². The standard InChI is InChI=1S/C23H27N5O5/c1-31-19-7-5-17(28-15-24-25-26-28)13-18(19)22(30)27-10-8-23(14-27,9-11-29)16-4-6-20(32-2)21(12-16)33-3/h4-7,12-13,15,29H,8-11,14H2,1-3H3. The molecule has 1 unspecified atom stereocenters. The third-order valence-corrected chi connectivity index (χ3v) is 6.25. The van der Waals surface area contributed by atoms with Gasteiger partial charge in [0, 0.05) is 25.1 Å². The summed E-state index contributed by atoms with van der Waals surface area (Å²) in [5.74, 6) is 1.58. The second kappa shape index (κ2) is 9.45. The van der Waals surface area contributed by atoms with Crippen LogP contribution in [-0.4, -0.2) is 77.1 Å². The Morgan fingerprint density at radius 2 is 1.82 bits per heavy atom. The van der Waals surface area contributed by atoms with Gasteiger partial charge in [-0.3, -0.25) is 4.79 Å². The van der Waals surface area contributed by atoms with Crippen molar-refractivity contribution in [1.29, 1.82) is 0 Å². The van der Waals surface area contributed by atoms with Crippen LogP contribution in [0.4, 0.5) is 0 Å². The number of hydrogen-bond donors (Lipinski definition) is 1.